The topological polar surface area (TPSA) is 43.4 Å². The second-order valence-electron chi connectivity index (χ2n) is 4.38. The van der Waals surface area contributed by atoms with Crippen molar-refractivity contribution in [3.63, 3.8) is 0 Å². The van der Waals surface area contributed by atoms with Crippen molar-refractivity contribution in [2.75, 3.05) is 0 Å². The van der Waals surface area contributed by atoms with Gasteiger partial charge in [-0.1, -0.05) is 49.0 Å². The Balaban J connectivity index is 0.00000161. The molecule has 5 heteroatoms. The second kappa shape index (κ2) is 6.05. The first-order valence-electron chi connectivity index (χ1n) is 6.08. The van der Waals surface area contributed by atoms with Gasteiger partial charge in [0.15, 0.2) is 5.75 Å². The maximum absolute atomic E-state index is 11.5. The third-order valence-corrected chi connectivity index (χ3v) is 3.98. The SMILES string of the molecule is C=CS(=O)(=O)Oc1cccc2c1ccc1ccccc12.[H-].[H-].[Mg+2]. The van der Waals surface area contributed by atoms with Crippen molar-refractivity contribution >= 4 is 54.7 Å². The number of hydrogen-bond donors (Lipinski definition) is 0. The van der Waals surface area contributed by atoms with E-state index in [0.717, 1.165) is 27.0 Å². The quantitative estimate of drug-likeness (QED) is 0.421. The molecule has 3 aromatic rings. The van der Waals surface area contributed by atoms with E-state index in [-0.39, 0.29) is 25.9 Å². The summed E-state index contributed by atoms with van der Waals surface area (Å²) in [4.78, 5) is 0. The van der Waals surface area contributed by atoms with E-state index in [9.17, 15) is 8.42 Å². The molecule has 0 amide bonds. The molecule has 3 rings (SSSR count). The van der Waals surface area contributed by atoms with Gasteiger partial charge in [-0.05, 0) is 28.3 Å². The van der Waals surface area contributed by atoms with Crippen LogP contribution in [-0.4, -0.2) is 31.5 Å². The Morgan fingerprint density at radius 2 is 1.62 bits per heavy atom. The summed E-state index contributed by atoms with van der Waals surface area (Å²) in [5, 5.41) is 4.68. The van der Waals surface area contributed by atoms with Crippen LogP contribution in [0.4, 0.5) is 0 Å². The van der Waals surface area contributed by atoms with E-state index in [1.165, 1.54) is 0 Å². The summed E-state index contributed by atoms with van der Waals surface area (Å²) in [7, 11) is -3.75. The molecule has 0 spiro atoms. The number of hydrogen-bond acceptors (Lipinski definition) is 3. The van der Waals surface area contributed by atoms with Gasteiger partial charge in [-0.2, -0.15) is 8.42 Å². The predicted molar refractivity (Wildman–Crippen MR) is 89.2 cm³/mol. The number of benzene rings is 3. The molecule has 0 N–H and O–H groups in total. The van der Waals surface area contributed by atoms with Crippen LogP contribution in [0.25, 0.3) is 21.5 Å². The van der Waals surface area contributed by atoms with Crippen molar-refractivity contribution in [2.45, 2.75) is 0 Å². The maximum Gasteiger partial charge on any atom is 2.00 e. The van der Waals surface area contributed by atoms with E-state index < -0.39 is 10.1 Å². The number of rotatable bonds is 3. The van der Waals surface area contributed by atoms with E-state index in [4.69, 9.17) is 4.18 Å². The summed E-state index contributed by atoms with van der Waals surface area (Å²) in [5.74, 6) is 0.313. The molecule has 0 aliphatic carbocycles. The zero-order chi connectivity index (χ0) is 14.2. The Hall–Kier alpha value is -1.56. The number of fused-ring (bicyclic) bond motifs is 3. The normalized spacial score (nSPS) is 11.0. The third-order valence-electron chi connectivity index (χ3n) is 3.16. The molecule has 21 heavy (non-hydrogen) atoms. The summed E-state index contributed by atoms with van der Waals surface area (Å²) >= 11 is 0. The Morgan fingerprint density at radius 1 is 0.905 bits per heavy atom. The van der Waals surface area contributed by atoms with Crippen molar-refractivity contribution < 1.29 is 15.5 Å². The van der Waals surface area contributed by atoms with Crippen molar-refractivity contribution in [2.24, 2.45) is 0 Å². The van der Waals surface area contributed by atoms with Gasteiger partial charge in [0.1, 0.15) is 0 Å². The minimum atomic E-state index is -3.75. The second-order valence-corrected chi connectivity index (χ2v) is 5.87. The zero-order valence-corrected chi connectivity index (χ0v) is 13.6. The minimum absolute atomic E-state index is 0. The monoisotopic (exact) mass is 310 g/mol. The molecule has 3 nitrogen and oxygen atoms in total. The average Bonchev–Trinajstić information content (AvgIpc) is 2.47. The summed E-state index contributed by atoms with van der Waals surface area (Å²) in [5.41, 5.74) is 0. The molecular weight excluding hydrogens is 297 g/mol. The first kappa shape index (κ1) is 15.8. The molecule has 0 radical (unpaired) electrons. The van der Waals surface area contributed by atoms with Gasteiger partial charge in [0, 0.05) is 5.39 Å². The molecule has 0 fully saturated rings. The molecule has 0 heterocycles. The molecule has 0 atom stereocenters. The molecule has 104 valence electrons. The van der Waals surface area contributed by atoms with Crippen molar-refractivity contribution in [1.29, 1.82) is 0 Å². The summed E-state index contributed by atoms with van der Waals surface area (Å²) < 4.78 is 28.1. The summed E-state index contributed by atoms with van der Waals surface area (Å²) in [6.45, 7) is 3.25. The third kappa shape index (κ3) is 3.05. The van der Waals surface area contributed by atoms with Crippen LogP contribution in [0, 0.1) is 0 Å². The van der Waals surface area contributed by atoms with Crippen molar-refractivity contribution in [3.8, 4) is 5.75 Å². The maximum atomic E-state index is 11.5. The van der Waals surface area contributed by atoms with E-state index >= 15 is 0 Å². The van der Waals surface area contributed by atoms with Gasteiger partial charge in [0.25, 0.3) is 0 Å². The predicted octanol–water partition coefficient (Wildman–Crippen LogP) is 3.69. The molecule has 0 unspecified atom stereocenters. The van der Waals surface area contributed by atoms with Crippen LogP contribution in [0.3, 0.4) is 0 Å². The molecule has 0 saturated heterocycles. The van der Waals surface area contributed by atoms with Crippen LogP contribution < -0.4 is 4.18 Å². The molecule has 0 aliphatic rings. The van der Waals surface area contributed by atoms with Crippen LogP contribution >= 0.6 is 0 Å². The van der Waals surface area contributed by atoms with E-state index in [1.54, 1.807) is 12.1 Å². The Labute approximate surface area is 142 Å². The summed E-state index contributed by atoms with van der Waals surface area (Å²) in [6.07, 6.45) is 0. The van der Waals surface area contributed by atoms with Gasteiger partial charge in [-0.15, -0.1) is 0 Å². The zero-order valence-electron chi connectivity index (χ0n) is 13.3. The first-order valence-corrected chi connectivity index (χ1v) is 7.55. The van der Waals surface area contributed by atoms with Gasteiger partial charge in [-0.25, -0.2) is 0 Å². The van der Waals surface area contributed by atoms with Gasteiger partial charge >= 0.3 is 33.2 Å². The fraction of sp³-hybridized carbons (Fsp3) is 0. The van der Waals surface area contributed by atoms with E-state index in [2.05, 4.69) is 6.58 Å². The smallest absolute Gasteiger partial charge is 1.00 e. The fourth-order valence-electron chi connectivity index (χ4n) is 2.24. The molecule has 3 aromatic carbocycles. The van der Waals surface area contributed by atoms with Gasteiger partial charge in [-0.3, -0.25) is 0 Å². The molecule has 0 saturated carbocycles. The van der Waals surface area contributed by atoms with Gasteiger partial charge in [0.05, 0.1) is 5.41 Å². The van der Waals surface area contributed by atoms with Crippen LogP contribution in [0.2, 0.25) is 0 Å². The fourth-order valence-corrected chi connectivity index (χ4v) is 2.71. The Bertz CT molecular complexity index is 927. The van der Waals surface area contributed by atoms with Gasteiger partial charge in [0.2, 0.25) is 0 Å². The largest absolute Gasteiger partial charge is 2.00 e. The Kier molecular flexibility index (Phi) is 4.56. The minimum Gasteiger partial charge on any atom is -1.00 e. The molecule has 0 aliphatic heterocycles. The summed E-state index contributed by atoms with van der Waals surface area (Å²) in [6, 6.07) is 17.1. The molecule has 0 aromatic heterocycles. The van der Waals surface area contributed by atoms with Crippen LogP contribution in [-0.2, 0) is 10.1 Å². The van der Waals surface area contributed by atoms with Crippen molar-refractivity contribution in [1.82, 2.24) is 0 Å². The standard InChI is InChI=1S/C16H12O3S.Mg.2H/c1-2-20(17,18)19-16-9-5-8-14-13-7-4-3-6-12(13)10-11-15(14)16;;;/h2-11H,1H2;;;/q;+2;2*-1. The van der Waals surface area contributed by atoms with E-state index in [0.29, 0.717) is 5.75 Å². The first-order chi connectivity index (χ1) is 9.61. The van der Waals surface area contributed by atoms with E-state index in [1.807, 2.05) is 42.5 Å². The van der Waals surface area contributed by atoms with Gasteiger partial charge < -0.3 is 7.04 Å². The van der Waals surface area contributed by atoms with Crippen LogP contribution in [0.15, 0.2) is 66.6 Å². The molecule has 0 bridgehead atoms. The van der Waals surface area contributed by atoms with Crippen LogP contribution in [0.5, 0.6) is 5.75 Å². The van der Waals surface area contributed by atoms with Crippen LogP contribution in [0.1, 0.15) is 2.85 Å². The average molecular weight is 311 g/mol. The van der Waals surface area contributed by atoms with Crippen molar-refractivity contribution in [3.05, 3.63) is 66.6 Å². The Morgan fingerprint density at radius 3 is 2.38 bits per heavy atom. The molecular formula is C16H14MgO3S.